The van der Waals surface area contributed by atoms with Crippen LogP contribution in [0.25, 0.3) is 0 Å². The molecule has 118 valence electrons. The first kappa shape index (κ1) is 13.9. The van der Waals surface area contributed by atoms with Crippen LogP contribution < -0.4 is 19.7 Å². The molecule has 2 amide bonds. The molecule has 1 unspecified atom stereocenters. The van der Waals surface area contributed by atoms with E-state index >= 15 is 0 Å². The van der Waals surface area contributed by atoms with Gasteiger partial charge in [-0.15, -0.1) is 0 Å². The number of carbonyl (C=O) groups is 1. The second-order valence-corrected chi connectivity index (χ2v) is 5.90. The predicted octanol–water partition coefficient (Wildman–Crippen LogP) is 3.08. The number of hydrogen-bond donors (Lipinski definition) is 1. The molecule has 4 rings (SSSR count). The minimum absolute atomic E-state index is 0.0693. The summed E-state index contributed by atoms with van der Waals surface area (Å²) in [4.78, 5) is 14.4. The van der Waals surface area contributed by atoms with E-state index in [1.54, 1.807) is 0 Å². The maximum atomic E-state index is 12.6. The Morgan fingerprint density at radius 1 is 1.22 bits per heavy atom. The normalized spacial score (nSPS) is 18.0. The van der Waals surface area contributed by atoms with Crippen LogP contribution in [0.1, 0.15) is 18.1 Å². The molecule has 2 aliphatic heterocycles. The summed E-state index contributed by atoms with van der Waals surface area (Å²) in [5.74, 6) is 1.49. The smallest absolute Gasteiger partial charge is 0.322 e. The Kier molecular flexibility index (Phi) is 3.33. The van der Waals surface area contributed by atoms with E-state index in [-0.39, 0.29) is 18.9 Å². The summed E-state index contributed by atoms with van der Waals surface area (Å²) < 4.78 is 10.7. The average molecular weight is 310 g/mol. The highest BCUT2D eigenvalue weighted by Crippen LogP contribution is 2.33. The molecule has 0 saturated heterocycles. The van der Waals surface area contributed by atoms with Crippen molar-refractivity contribution in [3.63, 3.8) is 0 Å². The number of amides is 2. The molecule has 2 heterocycles. The van der Waals surface area contributed by atoms with Gasteiger partial charge in [0.05, 0.1) is 0 Å². The first-order valence-corrected chi connectivity index (χ1v) is 7.76. The number of anilines is 1. The zero-order valence-corrected chi connectivity index (χ0v) is 12.9. The van der Waals surface area contributed by atoms with Crippen molar-refractivity contribution >= 4 is 11.7 Å². The summed E-state index contributed by atoms with van der Waals surface area (Å²) in [5.41, 5.74) is 3.21. The lowest BCUT2D eigenvalue weighted by Crippen LogP contribution is -2.42. The topological polar surface area (TPSA) is 50.8 Å². The minimum Gasteiger partial charge on any atom is -0.454 e. The molecule has 0 saturated carbocycles. The summed E-state index contributed by atoms with van der Waals surface area (Å²) in [6, 6.07) is 13.9. The van der Waals surface area contributed by atoms with E-state index in [0.29, 0.717) is 6.54 Å². The largest absolute Gasteiger partial charge is 0.454 e. The van der Waals surface area contributed by atoms with Gasteiger partial charge in [-0.3, -0.25) is 4.90 Å². The highest BCUT2D eigenvalue weighted by atomic mass is 16.7. The van der Waals surface area contributed by atoms with Crippen LogP contribution in [0, 0.1) is 0 Å². The van der Waals surface area contributed by atoms with E-state index in [2.05, 4.69) is 18.3 Å². The first-order valence-electron chi connectivity index (χ1n) is 7.76. The summed E-state index contributed by atoms with van der Waals surface area (Å²) in [7, 11) is 0. The summed E-state index contributed by atoms with van der Waals surface area (Å²) in [6.07, 6.45) is 0.896. The van der Waals surface area contributed by atoms with E-state index in [9.17, 15) is 4.79 Å². The maximum absolute atomic E-state index is 12.6. The van der Waals surface area contributed by atoms with Gasteiger partial charge in [-0.1, -0.05) is 24.3 Å². The van der Waals surface area contributed by atoms with Crippen molar-refractivity contribution in [3.8, 4) is 11.5 Å². The van der Waals surface area contributed by atoms with E-state index < -0.39 is 0 Å². The molecule has 0 spiro atoms. The van der Waals surface area contributed by atoms with Crippen LogP contribution >= 0.6 is 0 Å². The monoisotopic (exact) mass is 310 g/mol. The Morgan fingerprint density at radius 2 is 2.04 bits per heavy atom. The fourth-order valence-corrected chi connectivity index (χ4v) is 3.19. The van der Waals surface area contributed by atoms with Crippen molar-refractivity contribution in [1.29, 1.82) is 0 Å². The molecule has 5 nitrogen and oxygen atoms in total. The van der Waals surface area contributed by atoms with Crippen LogP contribution in [0.4, 0.5) is 10.5 Å². The predicted molar refractivity (Wildman–Crippen MR) is 86.9 cm³/mol. The molecule has 1 atom stereocenters. The lowest BCUT2D eigenvalue weighted by Gasteiger charge is -2.23. The fraction of sp³-hybridized carbons (Fsp3) is 0.278. The van der Waals surface area contributed by atoms with Gasteiger partial charge in [-0.25, -0.2) is 4.79 Å². The highest BCUT2D eigenvalue weighted by molar-refractivity contribution is 5.94. The van der Waals surface area contributed by atoms with Crippen LogP contribution in [0.5, 0.6) is 11.5 Å². The van der Waals surface area contributed by atoms with Crippen LogP contribution in [-0.4, -0.2) is 18.9 Å². The fourth-order valence-electron chi connectivity index (χ4n) is 3.19. The van der Waals surface area contributed by atoms with Crippen molar-refractivity contribution in [3.05, 3.63) is 53.6 Å². The molecule has 0 bridgehead atoms. The van der Waals surface area contributed by atoms with E-state index in [0.717, 1.165) is 29.2 Å². The summed E-state index contributed by atoms with van der Waals surface area (Å²) in [6.45, 7) is 2.79. The van der Waals surface area contributed by atoms with Crippen LogP contribution in [0.2, 0.25) is 0 Å². The van der Waals surface area contributed by atoms with Crippen molar-refractivity contribution in [2.24, 2.45) is 0 Å². The van der Waals surface area contributed by atoms with Gasteiger partial charge in [-0.05, 0) is 42.7 Å². The lowest BCUT2D eigenvalue weighted by atomic mass is 10.1. The average Bonchev–Trinajstić information content (AvgIpc) is 3.15. The van der Waals surface area contributed by atoms with Crippen LogP contribution in [-0.2, 0) is 13.0 Å². The minimum atomic E-state index is -0.0693. The number of urea groups is 1. The molecular formula is C18H18N2O3. The Hall–Kier alpha value is -2.69. The molecule has 0 aliphatic carbocycles. The van der Waals surface area contributed by atoms with Gasteiger partial charge >= 0.3 is 6.03 Å². The molecule has 1 N–H and O–H groups in total. The number of carbonyl (C=O) groups excluding carboxylic acids is 1. The van der Waals surface area contributed by atoms with Crippen LogP contribution in [0.15, 0.2) is 42.5 Å². The first-order chi connectivity index (χ1) is 11.2. The van der Waals surface area contributed by atoms with Gasteiger partial charge < -0.3 is 14.8 Å². The number of ether oxygens (including phenoxy) is 2. The Balaban J connectivity index is 1.46. The number of benzene rings is 2. The van der Waals surface area contributed by atoms with Gasteiger partial charge in [0, 0.05) is 18.3 Å². The maximum Gasteiger partial charge on any atom is 0.322 e. The van der Waals surface area contributed by atoms with Crippen molar-refractivity contribution in [2.75, 3.05) is 11.7 Å². The third-order valence-electron chi connectivity index (χ3n) is 4.31. The molecule has 23 heavy (non-hydrogen) atoms. The Labute approximate surface area is 134 Å². The Morgan fingerprint density at radius 3 is 2.96 bits per heavy atom. The van der Waals surface area contributed by atoms with Gasteiger partial charge in [-0.2, -0.15) is 0 Å². The second kappa shape index (κ2) is 5.50. The molecule has 0 radical (unpaired) electrons. The lowest BCUT2D eigenvalue weighted by molar-refractivity contribution is 0.174. The second-order valence-electron chi connectivity index (χ2n) is 5.90. The summed E-state index contributed by atoms with van der Waals surface area (Å²) in [5, 5.41) is 2.99. The zero-order valence-electron chi connectivity index (χ0n) is 12.9. The number of para-hydroxylation sites is 1. The third-order valence-corrected chi connectivity index (χ3v) is 4.31. The number of hydrogen-bond acceptors (Lipinski definition) is 3. The number of rotatable bonds is 2. The number of nitrogens with zero attached hydrogens (tertiary/aromatic N) is 1. The molecule has 2 aliphatic rings. The number of fused-ring (bicyclic) bond motifs is 2. The molecule has 5 heteroatoms. The molecule has 0 aromatic heterocycles. The van der Waals surface area contributed by atoms with Gasteiger partial charge in [0.25, 0.3) is 0 Å². The van der Waals surface area contributed by atoms with Crippen LogP contribution in [0.3, 0.4) is 0 Å². The van der Waals surface area contributed by atoms with E-state index in [4.69, 9.17) is 9.47 Å². The molecule has 2 aromatic carbocycles. The quantitative estimate of drug-likeness (QED) is 0.927. The number of nitrogens with one attached hydrogen (secondary N) is 1. The van der Waals surface area contributed by atoms with Gasteiger partial charge in [0.2, 0.25) is 6.79 Å². The van der Waals surface area contributed by atoms with E-state index in [1.807, 2.05) is 41.3 Å². The highest BCUT2D eigenvalue weighted by Gasteiger charge is 2.30. The third kappa shape index (κ3) is 2.48. The zero-order chi connectivity index (χ0) is 15.8. The van der Waals surface area contributed by atoms with Gasteiger partial charge in [0.1, 0.15) is 0 Å². The Bertz CT molecular complexity index is 760. The standard InChI is InChI=1S/C18H18N2O3/c1-12-8-14-4-2-3-5-15(14)20(12)18(21)19-10-13-6-7-16-17(9-13)23-11-22-16/h2-7,9,12H,8,10-11H2,1H3,(H,19,21). The van der Waals surface area contributed by atoms with Crippen molar-refractivity contribution in [1.82, 2.24) is 5.32 Å². The molecular weight excluding hydrogens is 292 g/mol. The molecule has 2 aromatic rings. The van der Waals surface area contributed by atoms with Gasteiger partial charge in [0.15, 0.2) is 11.5 Å². The SMILES string of the molecule is CC1Cc2ccccc2N1C(=O)NCc1ccc2c(c1)OCO2. The van der Waals surface area contributed by atoms with Crippen molar-refractivity contribution < 1.29 is 14.3 Å². The van der Waals surface area contributed by atoms with E-state index in [1.165, 1.54) is 5.56 Å². The summed E-state index contributed by atoms with van der Waals surface area (Å²) >= 11 is 0. The van der Waals surface area contributed by atoms with Crippen molar-refractivity contribution in [2.45, 2.75) is 25.9 Å². The molecule has 0 fully saturated rings.